The first-order valence-corrected chi connectivity index (χ1v) is 10.2. The molecule has 0 bridgehead atoms. The number of hydrogen-bond donors (Lipinski definition) is 1. The van der Waals surface area contributed by atoms with Crippen molar-refractivity contribution in [3.05, 3.63) is 59.4 Å². The van der Waals surface area contributed by atoms with Crippen molar-refractivity contribution in [3.8, 4) is 11.6 Å². The number of alkyl halides is 3. The highest BCUT2D eigenvalue weighted by molar-refractivity contribution is 7.93. The summed E-state index contributed by atoms with van der Waals surface area (Å²) in [6.07, 6.45) is -2.72. The Hall–Kier alpha value is -2.95. The molecule has 7 nitrogen and oxygen atoms in total. The summed E-state index contributed by atoms with van der Waals surface area (Å²) in [5.74, 6) is -1.37. The number of carbonyl (C=O) groups is 1. The summed E-state index contributed by atoms with van der Waals surface area (Å²) in [5.41, 5.74) is -0.195. The molecule has 0 aliphatic heterocycles. The van der Waals surface area contributed by atoms with Crippen molar-refractivity contribution in [1.29, 1.82) is 0 Å². The van der Waals surface area contributed by atoms with Crippen LogP contribution in [0.15, 0.2) is 48.0 Å². The fourth-order valence-electron chi connectivity index (χ4n) is 2.09. The minimum absolute atomic E-state index is 0.195. The van der Waals surface area contributed by atoms with Crippen molar-refractivity contribution in [2.75, 3.05) is 6.26 Å². The highest BCUT2D eigenvalue weighted by atomic mass is 32.2. The molecule has 0 aliphatic carbocycles. The Bertz CT molecular complexity index is 993. The van der Waals surface area contributed by atoms with Crippen molar-refractivity contribution in [2.45, 2.75) is 25.6 Å². The molecule has 1 atom stereocenters. The molecule has 1 aromatic heterocycles. The van der Waals surface area contributed by atoms with Gasteiger partial charge in [-0.25, -0.2) is 13.4 Å². The lowest BCUT2D eigenvalue weighted by atomic mass is 10.2. The quantitative estimate of drug-likeness (QED) is 0.727. The topological polar surface area (TPSA) is 98.2 Å². The summed E-state index contributed by atoms with van der Waals surface area (Å²) >= 11 is 0. The Balaban J connectivity index is 2.31. The number of ether oxygens (including phenoxy) is 1. The molecule has 0 saturated carbocycles. The van der Waals surface area contributed by atoms with Gasteiger partial charge in [0.05, 0.1) is 0 Å². The van der Waals surface area contributed by atoms with Crippen molar-refractivity contribution in [3.63, 3.8) is 0 Å². The zero-order valence-corrected chi connectivity index (χ0v) is 16.3. The van der Waals surface area contributed by atoms with Crippen LogP contribution in [-0.2, 0) is 16.3 Å². The molecule has 1 heterocycles. The Morgan fingerprint density at radius 1 is 1.28 bits per heavy atom. The van der Waals surface area contributed by atoms with Gasteiger partial charge in [-0.3, -0.25) is 4.79 Å². The molecule has 11 heteroatoms. The normalized spacial score (nSPS) is 13.3. The van der Waals surface area contributed by atoms with E-state index in [4.69, 9.17) is 4.74 Å². The Kier molecular flexibility index (Phi) is 6.96. The first-order valence-electron chi connectivity index (χ1n) is 8.27. The molecule has 0 aliphatic rings. The summed E-state index contributed by atoms with van der Waals surface area (Å²) in [6.45, 7) is 1.52. The third kappa shape index (κ3) is 7.90. The van der Waals surface area contributed by atoms with Crippen LogP contribution in [0, 0.1) is 0 Å². The maximum atomic E-state index is 12.7. The van der Waals surface area contributed by atoms with E-state index in [1.807, 2.05) is 0 Å². The number of nitrogens with zero attached hydrogens (tertiary/aromatic N) is 2. The number of sulfone groups is 1. The van der Waals surface area contributed by atoms with Gasteiger partial charge in [-0.05, 0) is 19.1 Å². The second kappa shape index (κ2) is 9.03. The van der Waals surface area contributed by atoms with Crippen LogP contribution >= 0.6 is 0 Å². The summed E-state index contributed by atoms with van der Waals surface area (Å²) in [5, 5.41) is 3.42. The molecular formula is C18H18F3N3O4S. The monoisotopic (exact) mass is 429 g/mol. The maximum Gasteiger partial charge on any atom is 0.396 e. The minimum Gasteiger partial charge on any atom is -0.438 e. The lowest BCUT2D eigenvalue weighted by Gasteiger charge is -2.14. The minimum atomic E-state index is -4.53. The van der Waals surface area contributed by atoms with Crippen LogP contribution in [0.25, 0.3) is 0 Å². The van der Waals surface area contributed by atoms with Gasteiger partial charge in [0, 0.05) is 23.9 Å². The summed E-state index contributed by atoms with van der Waals surface area (Å²) in [4.78, 5) is 19.8. The Morgan fingerprint density at radius 2 is 1.93 bits per heavy atom. The summed E-state index contributed by atoms with van der Waals surface area (Å²) < 4.78 is 65.8. The maximum absolute atomic E-state index is 12.7. The number of nitrogens with one attached hydrogen (secondary N) is 1. The molecule has 1 amide bonds. The van der Waals surface area contributed by atoms with Crippen LogP contribution in [0.5, 0.6) is 11.6 Å². The first-order chi connectivity index (χ1) is 13.4. The number of para-hydroxylation sites is 1. The summed E-state index contributed by atoms with van der Waals surface area (Å²) in [6, 6.07) is 7.41. The van der Waals surface area contributed by atoms with E-state index in [-0.39, 0.29) is 17.2 Å². The zero-order valence-electron chi connectivity index (χ0n) is 15.5. The van der Waals surface area contributed by atoms with E-state index in [1.54, 1.807) is 30.3 Å². The van der Waals surface area contributed by atoms with Gasteiger partial charge in [0.1, 0.15) is 23.6 Å². The first kappa shape index (κ1) is 22.3. The van der Waals surface area contributed by atoms with Gasteiger partial charge in [0.15, 0.2) is 9.84 Å². The fraction of sp³-hybridized carbons (Fsp3) is 0.278. The fourth-order valence-corrected chi connectivity index (χ4v) is 2.61. The van der Waals surface area contributed by atoms with Crippen molar-refractivity contribution >= 4 is 15.7 Å². The second-order valence-corrected chi connectivity index (χ2v) is 8.06. The molecule has 2 rings (SSSR count). The van der Waals surface area contributed by atoms with Crippen LogP contribution in [0.2, 0.25) is 0 Å². The van der Waals surface area contributed by atoms with Gasteiger partial charge >= 0.3 is 6.18 Å². The van der Waals surface area contributed by atoms with Crippen molar-refractivity contribution < 1.29 is 31.1 Å². The summed E-state index contributed by atoms with van der Waals surface area (Å²) in [7, 11) is -3.38. The Morgan fingerprint density at radius 3 is 2.52 bits per heavy atom. The number of halogens is 3. The molecule has 1 N–H and O–H groups in total. The largest absolute Gasteiger partial charge is 0.438 e. The van der Waals surface area contributed by atoms with Gasteiger partial charge in [-0.1, -0.05) is 24.3 Å². The molecule has 0 spiro atoms. The zero-order chi connectivity index (χ0) is 21.7. The number of aromatic nitrogens is 2. The number of amides is 1. The van der Waals surface area contributed by atoms with Crippen LogP contribution in [0.1, 0.15) is 23.1 Å². The van der Waals surface area contributed by atoms with Crippen molar-refractivity contribution in [2.24, 2.45) is 0 Å². The Labute approximate surface area is 165 Å². The van der Waals surface area contributed by atoms with Gasteiger partial charge in [0.25, 0.3) is 5.91 Å². The number of benzene rings is 1. The van der Waals surface area contributed by atoms with Gasteiger partial charge in [0.2, 0.25) is 5.88 Å². The molecule has 0 fully saturated rings. The van der Waals surface area contributed by atoms with Gasteiger partial charge in [-0.15, -0.1) is 0 Å². The van der Waals surface area contributed by atoms with Crippen LogP contribution in [0.4, 0.5) is 13.2 Å². The number of carbonyl (C=O) groups excluding carboxylic acids is 1. The molecule has 1 unspecified atom stereocenters. The average molecular weight is 429 g/mol. The lowest BCUT2D eigenvalue weighted by molar-refractivity contribution is -0.128. The molecule has 1 aromatic carbocycles. The molecule has 29 heavy (non-hydrogen) atoms. The highest BCUT2D eigenvalue weighted by Crippen LogP contribution is 2.25. The SMILES string of the molecule is CC(/C=C/S(C)(=O)=O)NC(=O)c1cnc(CC(F)(F)F)nc1Oc1ccccc1. The molecule has 0 radical (unpaired) electrons. The number of hydrogen-bond acceptors (Lipinski definition) is 6. The molecular weight excluding hydrogens is 411 g/mol. The molecule has 0 saturated heterocycles. The average Bonchev–Trinajstić information content (AvgIpc) is 2.59. The van der Waals surface area contributed by atoms with Crippen LogP contribution < -0.4 is 10.1 Å². The standard InChI is InChI=1S/C18H18F3N3O4S/c1-12(8-9-29(2,26)27)23-16(25)14-11-22-15(10-18(19,20)21)24-17(14)28-13-6-4-3-5-7-13/h3-9,11-12H,10H2,1-2H3,(H,23,25)/b9-8+. The third-order valence-corrected chi connectivity index (χ3v) is 3.99. The predicted molar refractivity (Wildman–Crippen MR) is 99.2 cm³/mol. The molecule has 2 aromatic rings. The van der Waals surface area contributed by atoms with Gasteiger partial charge in [-0.2, -0.15) is 18.2 Å². The smallest absolute Gasteiger partial charge is 0.396 e. The van der Waals surface area contributed by atoms with E-state index in [1.165, 1.54) is 13.0 Å². The highest BCUT2D eigenvalue weighted by Gasteiger charge is 2.30. The van der Waals surface area contributed by atoms with Gasteiger partial charge < -0.3 is 10.1 Å². The van der Waals surface area contributed by atoms with Crippen molar-refractivity contribution in [1.82, 2.24) is 15.3 Å². The predicted octanol–water partition coefficient (Wildman–Crippen LogP) is 3.05. The van der Waals surface area contributed by atoms with E-state index in [9.17, 15) is 26.4 Å². The lowest BCUT2D eigenvalue weighted by Crippen LogP contribution is -2.32. The molecule has 156 valence electrons. The van der Waals surface area contributed by atoms with E-state index in [0.29, 0.717) is 0 Å². The van der Waals surface area contributed by atoms with Crippen LogP contribution in [0.3, 0.4) is 0 Å². The number of rotatable bonds is 7. The second-order valence-electron chi connectivity index (χ2n) is 6.13. The third-order valence-electron chi connectivity index (χ3n) is 3.34. The van der Waals surface area contributed by atoms with E-state index >= 15 is 0 Å². The van der Waals surface area contributed by atoms with Crippen LogP contribution in [-0.4, -0.2) is 42.8 Å². The van der Waals surface area contributed by atoms with E-state index in [0.717, 1.165) is 17.9 Å². The van der Waals surface area contributed by atoms with E-state index < -0.39 is 40.2 Å². The van der Waals surface area contributed by atoms with E-state index in [2.05, 4.69) is 15.3 Å².